The predicted molar refractivity (Wildman–Crippen MR) is 54.0 cm³/mol. The van der Waals surface area contributed by atoms with Crippen LogP contribution in [-0.2, 0) is 0 Å². The number of aryl methyl sites for hydroxylation is 1. The molecule has 1 aliphatic rings. The minimum Gasteiger partial charge on any atom is -0.388 e. The van der Waals surface area contributed by atoms with E-state index in [0.29, 0.717) is 0 Å². The Morgan fingerprint density at radius 1 is 1.46 bits per heavy atom. The Balaban J connectivity index is 2.50. The quantitative estimate of drug-likeness (QED) is 0.654. The molecule has 1 aromatic carbocycles. The molecule has 0 radical (unpaired) electrons. The summed E-state index contributed by atoms with van der Waals surface area (Å²) in [4.78, 5) is 2.20. The second-order valence-corrected chi connectivity index (χ2v) is 3.79. The van der Waals surface area contributed by atoms with Gasteiger partial charge in [0.25, 0.3) is 0 Å². The van der Waals surface area contributed by atoms with Crippen molar-refractivity contribution < 1.29 is 5.11 Å². The van der Waals surface area contributed by atoms with Gasteiger partial charge >= 0.3 is 0 Å². The van der Waals surface area contributed by atoms with E-state index in [9.17, 15) is 5.11 Å². The Kier molecular flexibility index (Phi) is 2.00. The van der Waals surface area contributed by atoms with E-state index in [0.717, 1.165) is 18.5 Å². The van der Waals surface area contributed by atoms with Crippen LogP contribution in [0.15, 0.2) is 18.2 Å². The molecule has 1 N–H and O–H groups in total. The summed E-state index contributed by atoms with van der Waals surface area (Å²) in [5.74, 6) is 0. The molecule has 1 atom stereocenters. The molecule has 0 amide bonds. The third-order valence-corrected chi connectivity index (χ3v) is 2.69. The van der Waals surface area contributed by atoms with Crippen molar-refractivity contribution in [1.82, 2.24) is 0 Å². The molecule has 2 nitrogen and oxygen atoms in total. The van der Waals surface area contributed by atoms with E-state index in [1.54, 1.807) is 0 Å². The summed E-state index contributed by atoms with van der Waals surface area (Å²) in [6.45, 7) is 3.00. The Morgan fingerprint density at radius 3 is 3.00 bits per heavy atom. The van der Waals surface area contributed by atoms with Gasteiger partial charge in [0, 0.05) is 24.8 Å². The third-order valence-electron chi connectivity index (χ3n) is 2.69. The van der Waals surface area contributed by atoms with Gasteiger partial charge in [0.2, 0.25) is 0 Å². The lowest BCUT2D eigenvalue weighted by Gasteiger charge is -2.30. The summed E-state index contributed by atoms with van der Waals surface area (Å²) in [5.41, 5.74) is 3.46. The van der Waals surface area contributed by atoms with E-state index in [-0.39, 0.29) is 6.10 Å². The van der Waals surface area contributed by atoms with Crippen molar-refractivity contribution >= 4 is 5.69 Å². The molecule has 1 unspecified atom stereocenters. The molecular weight excluding hydrogens is 162 g/mol. The smallest absolute Gasteiger partial charge is 0.0827 e. The van der Waals surface area contributed by atoms with Gasteiger partial charge in [-0.05, 0) is 19.4 Å². The maximum atomic E-state index is 9.78. The van der Waals surface area contributed by atoms with Crippen LogP contribution in [0.5, 0.6) is 0 Å². The van der Waals surface area contributed by atoms with Gasteiger partial charge in [-0.3, -0.25) is 0 Å². The summed E-state index contributed by atoms with van der Waals surface area (Å²) >= 11 is 0. The van der Waals surface area contributed by atoms with Crippen molar-refractivity contribution in [2.24, 2.45) is 0 Å². The number of rotatable bonds is 0. The average molecular weight is 177 g/mol. The molecule has 0 fully saturated rings. The molecule has 0 bridgehead atoms. The van der Waals surface area contributed by atoms with Crippen molar-refractivity contribution in [2.75, 3.05) is 18.5 Å². The van der Waals surface area contributed by atoms with Crippen LogP contribution >= 0.6 is 0 Å². The standard InChI is InChI=1S/C11H15NO/c1-8-3-4-10-9(7-8)11(13)5-6-12(10)2/h3-4,7,11,13H,5-6H2,1-2H3. The van der Waals surface area contributed by atoms with Crippen LogP contribution in [0.3, 0.4) is 0 Å². The topological polar surface area (TPSA) is 23.5 Å². The lowest BCUT2D eigenvalue weighted by atomic mass is 9.97. The van der Waals surface area contributed by atoms with E-state index in [2.05, 4.69) is 37.1 Å². The predicted octanol–water partition coefficient (Wildman–Crippen LogP) is 1.87. The lowest BCUT2D eigenvalue weighted by Crippen LogP contribution is -2.27. The highest BCUT2D eigenvalue weighted by Crippen LogP contribution is 2.33. The molecule has 1 heterocycles. The second kappa shape index (κ2) is 3.04. The molecule has 0 saturated heterocycles. The van der Waals surface area contributed by atoms with Crippen molar-refractivity contribution in [3.63, 3.8) is 0 Å². The molecule has 0 aromatic heterocycles. The highest BCUT2D eigenvalue weighted by atomic mass is 16.3. The van der Waals surface area contributed by atoms with E-state index >= 15 is 0 Å². The van der Waals surface area contributed by atoms with E-state index in [1.807, 2.05) is 0 Å². The van der Waals surface area contributed by atoms with Gasteiger partial charge in [-0.15, -0.1) is 0 Å². The molecule has 1 aliphatic heterocycles. The van der Waals surface area contributed by atoms with Crippen molar-refractivity contribution in [2.45, 2.75) is 19.4 Å². The summed E-state index contributed by atoms with van der Waals surface area (Å²) in [6, 6.07) is 6.26. The highest BCUT2D eigenvalue weighted by molar-refractivity contribution is 5.57. The van der Waals surface area contributed by atoms with Crippen LogP contribution in [0.2, 0.25) is 0 Å². The maximum Gasteiger partial charge on any atom is 0.0827 e. The molecule has 0 spiro atoms. The Bertz CT molecular complexity index is 322. The van der Waals surface area contributed by atoms with Gasteiger partial charge < -0.3 is 10.0 Å². The molecule has 1 aromatic rings. The van der Waals surface area contributed by atoms with Crippen molar-refractivity contribution in [3.05, 3.63) is 29.3 Å². The van der Waals surface area contributed by atoms with Crippen molar-refractivity contribution in [1.29, 1.82) is 0 Å². The molecule has 0 saturated carbocycles. The van der Waals surface area contributed by atoms with Crippen LogP contribution < -0.4 is 4.90 Å². The van der Waals surface area contributed by atoms with Crippen LogP contribution in [0.4, 0.5) is 5.69 Å². The number of nitrogens with zero attached hydrogens (tertiary/aromatic N) is 1. The fraction of sp³-hybridized carbons (Fsp3) is 0.455. The fourth-order valence-electron chi connectivity index (χ4n) is 1.88. The number of aliphatic hydroxyl groups excluding tert-OH is 1. The summed E-state index contributed by atoms with van der Waals surface area (Å²) in [6.07, 6.45) is 0.568. The lowest BCUT2D eigenvalue weighted by molar-refractivity contribution is 0.165. The maximum absolute atomic E-state index is 9.78. The van der Waals surface area contributed by atoms with Crippen molar-refractivity contribution in [3.8, 4) is 0 Å². The summed E-state index contributed by atoms with van der Waals surface area (Å²) in [7, 11) is 2.07. The van der Waals surface area contributed by atoms with E-state index < -0.39 is 0 Å². The minimum atomic E-state index is -0.272. The highest BCUT2D eigenvalue weighted by Gasteiger charge is 2.20. The number of hydrogen-bond acceptors (Lipinski definition) is 2. The van der Waals surface area contributed by atoms with E-state index in [1.165, 1.54) is 11.3 Å². The molecule has 0 aliphatic carbocycles. The Morgan fingerprint density at radius 2 is 2.23 bits per heavy atom. The van der Waals surface area contributed by atoms with Gasteiger partial charge in [0.15, 0.2) is 0 Å². The first-order chi connectivity index (χ1) is 6.18. The molecule has 2 rings (SSSR count). The van der Waals surface area contributed by atoms with Crippen LogP contribution in [-0.4, -0.2) is 18.7 Å². The minimum absolute atomic E-state index is 0.272. The van der Waals surface area contributed by atoms with Gasteiger partial charge in [-0.25, -0.2) is 0 Å². The van der Waals surface area contributed by atoms with Gasteiger partial charge in [-0.2, -0.15) is 0 Å². The Labute approximate surface area is 78.8 Å². The zero-order valence-electron chi connectivity index (χ0n) is 8.12. The molecule has 70 valence electrons. The first-order valence-corrected chi connectivity index (χ1v) is 4.68. The SMILES string of the molecule is Cc1ccc2c(c1)C(O)CCN2C. The van der Waals surface area contributed by atoms with Gasteiger partial charge in [0.05, 0.1) is 6.10 Å². The third kappa shape index (κ3) is 1.42. The molecular formula is C11H15NO. The van der Waals surface area contributed by atoms with Crippen LogP contribution in [0.25, 0.3) is 0 Å². The number of fused-ring (bicyclic) bond motifs is 1. The zero-order chi connectivity index (χ0) is 9.42. The summed E-state index contributed by atoms with van der Waals surface area (Å²) < 4.78 is 0. The van der Waals surface area contributed by atoms with E-state index in [4.69, 9.17) is 0 Å². The largest absolute Gasteiger partial charge is 0.388 e. The first-order valence-electron chi connectivity index (χ1n) is 4.68. The number of anilines is 1. The summed E-state index contributed by atoms with van der Waals surface area (Å²) in [5, 5.41) is 9.78. The second-order valence-electron chi connectivity index (χ2n) is 3.79. The zero-order valence-corrected chi connectivity index (χ0v) is 8.12. The number of hydrogen-bond donors (Lipinski definition) is 1. The van der Waals surface area contributed by atoms with Gasteiger partial charge in [0.1, 0.15) is 0 Å². The number of aliphatic hydroxyl groups is 1. The first kappa shape index (κ1) is 8.57. The average Bonchev–Trinajstić information content (AvgIpc) is 2.12. The van der Waals surface area contributed by atoms with Crippen LogP contribution in [0, 0.1) is 6.92 Å². The van der Waals surface area contributed by atoms with Crippen LogP contribution in [0.1, 0.15) is 23.7 Å². The Hall–Kier alpha value is -1.02. The molecule has 2 heteroatoms. The molecule has 13 heavy (non-hydrogen) atoms. The fourth-order valence-corrected chi connectivity index (χ4v) is 1.88. The normalized spacial score (nSPS) is 21.5. The number of benzene rings is 1. The monoisotopic (exact) mass is 177 g/mol. The van der Waals surface area contributed by atoms with Gasteiger partial charge in [-0.1, -0.05) is 17.7 Å².